The summed E-state index contributed by atoms with van der Waals surface area (Å²) >= 11 is 1.48. The Hall–Kier alpha value is -2.30. The van der Waals surface area contributed by atoms with Crippen molar-refractivity contribution in [2.24, 2.45) is 11.1 Å². The fourth-order valence-corrected chi connectivity index (χ4v) is 5.14. The van der Waals surface area contributed by atoms with Crippen molar-refractivity contribution in [3.8, 4) is 0 Å². The maximum absolute atomic E-state index is 12.9. The van der Waals surface area contributed by atoms with Gasteiger partial charge in [0.05, 0.1) is 15.6 Å². The molecule has 2 heterocycles. The second kappa shape index (κ2) is 9.88. The van der Waals surface area contributed by atoms with Gasteiger partial charge in [-0.15, -0.1) is 11.3 Å². The summed E-state index contributed by atoms with van der Waals surface area (Å²) in [4.78, 5) is 32.5. The summed E-state index contributed by atoms with van der Waals surface area (Å²) < 4.78 is 22.7. The zero-order valence-corrected chi connectivity index (χ0v) is 19.4. The molecule has 0 atom stereocenters. The number of benzene rings is 1. The van der Waals surface area contributed by atoms with E-state index < -0.39 is 10.0 Å². The van der Waals surface area contributed by atoms with E-state index in [1.165, 1.54) is 35.6 Å². The molecule has 0 saturated carbocycles. The molecule has 168 valence electrons. The van der Waals surface area contributed by atoms with E-state index in [1.807, 2.05) is 6.92 Å². The lowest BCUT2D eigenvalue weighted by atomic mass is 9.95. The van der Waals surface area contributed by atoms with Gasteiger partial charge in [0.2, 0.25) is 15.9 Å². The topological polar surface area (TPSA) is 122 Å². The van der Waals surface area contributed by atoms with Crippen molar-refractivity contribution in [3.63, 3.8) is 0 Å². The van der Waals surface area contributed by atoms with Crippen LogP contribution in [0.15, 0.2) is 29.2 Å². The van der Waals surface area contributed by atoms with Crippen molar-refractivity contribution in [3.05, 3.63) is 39.8 Å². The van der Waals surface area contributed by atoms with Gasteiger partial charge in [-0.2, -0.15) is 0 Å². The molecule has 1 fully saturated rings. The van der Waals surface area contributed by atoms with Crippen LogP contribution in [-0.4, -0.2) is 43.2 Å². The van der Waals surface area contributed by atoms with Crippen molar-refractivity contribution < 1.29 is 18.0 Å². The number of anilines is 1. The van der Waals surface area contributed by atoms with E-state index >= 15 is 0 Å². The number of thiazole rings is 1. The van der Waals surface area contributed by atoms with Crippen molar-refractivity contribution in [1.82, 2.24) is 9.88 Å². The number of sulfonamides is 1. The minimum atomic E-state index is -3.77. The van der Waals surface area contributed by atoms with Crippen LogP contribution in [0.1, 0.15) is 53.0 Å². The van der Waals surface area contributed by atoms with E-state index in [9.17, 15) is 18.0 Å². The first-order valence-corrected chi connectivity index (χ1v) is 12.7. The van der Waals surface area contributed by atoms with Gasteiger partial charge in [0.25, 0.3) is 5.91 Å². The molecule has 2 amide bonds. The Morgan fingerprint density at radius 1 is 1.23 bits per heavy atom. The third-order valence-corrected chi connectivity index (χ3v) is 7.52. The fraction of sp³-hybridized carbons (Fsp3) is 0.476. The predicted molar refractivity (Wildman–Crippen MR) is 121 cm³/mol. The van der Waals surface area contributed by atoms with E-state index in [4.69, 9.17) is 5.14 Å². The van der Waals surface area contributed by atoms with Crippen LogP contribution in [-0.2, 0) is 21.2 Å². The first-order chi connectivity index (χ1) is 14.7. The number of rotatable bonds is 7. The quantitative estimate of drug-likeness (QED) is 0.652. The summed E-state index contributed by atoms with van der Waals surface area (Å²) in [5, 5.41) is 8.90. The third kappa shape index (κ3) is 5.90. The highest BCUT2D eigenvalue weighted by Gasteiger charge is 2.29. The van der Waals surface area contributed by atoms with Gasteiger partial charge in [-0.05, 0) is 56.9 Å². The first-order valence-electron chi connectivity index (χ1n) is 10.4. The number of piperidine rings is 1. The third-order valence-electron chi connectivity index (χ3n) is 5.38. The standard InChI is InChI=1S/C21H28N4O4S2/c1-3-4-5-18-23-14(2)19(30-18)21(27)25-12-10-15(11-13-25)20(26)24-16-6-8-17(9-7-16)31(22,28)29/h6-9,15H,3-5,10-13H2,1-2H3,(H,24,26)(H2,22,28,29). The van der Waals surface area contributed by atoms with Gasteiger partial charge in [-0.3, -0.25) is 9.59 Å². The fourth-order valence-electron chi connectivity index (χ4n) is 3.55. The van der Waals surface area contributed by atoms with Crippen LogP contribution in [0.5, 0.6) is 0 Å². The Balaban J connectivity index is 1.54. The monoisotopic (exact) mass is 464 g/mol. The molecule has 1 aromatic heterocycles. The molecule has 1 saturated heterocycles. The molecule has 1 aliphatic rings. The lowest BCUT2D eigenvalue weighted by Gasteiger charge is -2.31. The molecule has 0 aliphatic carbocycles. The van der Waals surface area contributed by atoms with Crippen molar-refractivity contribution in [2.75, 3.05) is 18.4 Å². The smallest absolute Gasteiger partial charge is 0.265 e. The molecular formula is C21H28N4O4S2. The zero-order chi connectivity index (χ0) is 22.6. The Kier molecular flexibility index (Phi) is 7.45. The minimum Gasteiger partial charge on any atom is -0.338 e. The normalized spacial score (nSPS) is 15.1. The van der Waals surface area contributed by atoms with E-state index in [0.717, 1.165) is 30.0 Å². The van der Waals surface area contributed by atoms with E-state index in [0.29, 0.717) is 36.5 Å². The second-order valence-corrected chi connectivity index (χ2v) is 10.4. The number of nitrogens with one attached hydrogen (secondary N) is 1. The Labute approximate surface area is 186 Å². The van der Waals surface area contributed by atoms with Gasteiger partial charge in [-0.1, -0.05) is 13.3 Å². The lowest BCUT2D eigenvalue weighted by Crippen LogP contribution is -2.41. The molecular weight excluding hydrogens is 436 g/mol. The number of hydrogen-bond donors (Lipinski definition) is 2. The number of nitrogens with two attached hydrogens (primary N) is 1. The molecule has 0 spiro atoms. The molecule has 10 heteroatoms. The molecule has 3 rings (SSSR count). The average molecular weight is 465 g/mol. The number of hydrogen-bond acceptors (Lipinski definition) is 6. The average Bonchev–Trinajstić information content (AvgIpc) is 3.12. The number of unbranched alkanes of at least 4 members (excludes halogenated alkanes) is 1. The Bertz CT molecular complexity index is 1040. The number of carbonyl (C=O) groups is 2. The molecule has 1 aliphatic heterocycles. The van der Waals surface area contributed by atoms with Crippen LogP contribution in [0.25, 0.3) is 0 Å². The number of aromatic nitrogens is 1. The van der Waals surface area contributed by atoms with Crippen LogP contribution >= 0.6 is 11.3 Å². The van der Waals surface area contributed by atoms with Gasteiger partial charge in [0.15, 0.2) is 0 Å². The molecule has 0 radical (unpaired) electrons. The SMILES string of the molecule is CCCCc1nc(C)c(C(=O)N2CCC(C(=O)Nc3ccc(S(N)(=O)=O)cc3)CC2)s1. The molecule has 0 unspecified atom stereocenters. The van der Waals surface area contributed by atoms with Crippen LogP contribution in [0.3, 0.4) is 0 Å². The highest BCUT2D eigenvalue weighted by atomic mass is 32.2. The molecule has 3 N–H and O–H groups in total. The highest BCUT2D eigenvalue weighted by Crippen LogP contribution is 2.25. The number of primary sulfonamides is 1. The van der Waals surface area contributed by atoms with Crippen LogP contribution in [0, 0.1) is 12.8 Å². The second-order valence-electron chi connectivity index (χ2n) is 7.75. The van der Waals surface area contributed by atoms with Gasteiger partial charge in [0.1, 0.15) is 4.88 Å². The summed E-state index contributed by atoms with van der Waals surface area (Å²) in [7, 11) is -3.77. The van der Waals surface area contributed by atoms with Crippen LogP contribution in [0.2, 0.25) is 0 Å². The first kappa shape index (κ1) is 23.4. The summed E-state index contributed by atoms with van der Waals surface area (Å²) in [6.07, 6.45) is 4.20. The summed E-state index contributed by atoms with van der Waals surface area (Å²) in [6, 6.07) is 5.74. The highest BCUT2D eigenvalue weighted by molar-refractivity contribution is 7.89. The number of amides is 2. The van der Waals surface area contributed by atoms with Crippen molar-refractivity contribution in [1.29, 1.82) is 0 Å². The maximum Gasteiger partial charge on any atom is 0.265 e. The Morgan fingerprint density at radius 2 is 1.87 bits per heavy atom. The van der Waals surface area contributed by atoms with Gasteiger partial charge in [0, 0.05) is 24.7 Å². The molecule has 31 heavy (non-hydrogen) atoms. The molecule has 0 bridgehead atoms. The lowest BCUT2D eigenvalue weighted by molar-refractivity contribution is -0.121. The summed E-state index contributed by atoms with van der Waals surface area (Å²) in [5.41, 5.74) is 1.29. The number of aryl methyl sites for hydroxylation is 2. The maximum atomic E-state index is 12.9. The predicted octanol–water partition coefficient (Wildman–Crippen LogP) is 2.93. The molecule has 8 nitrogen and oxygen atoms in total. The largest absolute Gasteiger partial charge is 0.338 e. The van der Waals surface area contributed by atoms with Crippen LogP contribution < -0.4 is 10.5 Å². The van der Waals surface area contributed by atoms with E-state index in [1.54, 1.807) is 4.90 Å². The van der Waals surface area contributed by atoms with E-state index in [2.05, 4.69) is 17.2 Å². The van der Waals surface area contributed by atoms with Crippen LogP contribution in [0.4, 0.5) is 5.69 Å². The number of likely N-dealkylation sites (tertiary alicyclic amines) is 1. The van der Waals surface area contributed by atoms with Gasteiger partial charge < -0.3 is 10.2 Å². The summed E-state index contributed by atoms with van der Waals surface area (Å²) in [5.74, 6) is -0.342. The van der Waals surface area contributed by atoms with E-state index in [-0.39, 0.29) is 22.6 Å². The summed E-state index contributed by atoms with van der Waals surface area (Å²) in [6.45, 7) is 5.04. The minimum absolute atomic E-state index is 0.00445. The molecule has 1 aromatic carbocycles. The van der Waals surface area contributed by atoms with Crippen molar-refractivity contribution >= 4 is 38.9 Å². The Morgan fingerprint density at radius 3 is 2.45 bits per heavy atom. The zero-order valence-electron chi connectivity index (χ0n) is 17.8. The number of carbonyl (C=O) groups excluding carboxylic acids is 2. The van der Waals surface area contributed by atoms with Crippen molar-refractivity contribution in [2.45, 2.75) is 50.8 Å². The number of nitrogens with zero attached hydrogens (tertiary/aromatic N) is 2. The molecule has 2 aromatic rings. The van der Waals surface area contributed by atoms with Gasteiger partial charge >= 0.3 is 0 Å². The van der Waals surface area contributed by atoms with Gasteiger partial charge in [-0.25, -0.2) is 18.5 Å².